The van der Waals surface area contributed by atoms with Crippen LogP contribution in [0.3, 0.4) is 0 Å². The van der Waals surface area contributed by atoms with E-state index in [0.29, 0.717) is 5.92 Å². The summed E-state index contributed by atoms with van der Waals surface area (Å²) in [7, 11) is 4.10. The van der Waals surface area contributed by atoms with Crippen LogP contribution in [0.5, 0.6) is 0 Å². The molecule has 1 atom stereocenters. The molecule has 0 spiro atoms. The van der Waals surface area contributed by atoms with Crippen LogP contribution in [0.1, 0.15) is 31.9 Å². The third kappa shape index (κ3) is 3.51. The number of nitrogens with zero attached hydrogens (tertiary/aromatic N) is 1. The fourth-order valence-corrected chi connectivity index (χ4v) is 1.79. The lowest BCUT2D eigenvalue weighted by atomic mass is 9.97. The van der Waals surface area contributed by atoms with Crippen molar-refractivity contribution in [1.82, 2.24) is 5.43 Å². The molecule has 1 unspecified atom stereocenters. The van der Waals surface area contributed by atoms with Crippen LogP contribution in [0.25, 0.3) is 0 Å². The number of hydrazine groups is 1. The van der Waals surface area contributed by atoms with Gasteiger partial charge in [0, 0.05) is 25.8 Å². The molecule has 3 nitrogen and oxygen atoms in total. The summed E-state index contributed by atoms with van der Waals surface area (Å²) in [6.07, 6.45) is 1.05. The first-order valence-electron chi connectivity index (χ1n) is 5.78. The molecule has 3 N–H and O–H groups in total. The number of nitrogens with one attached hydrogen (secondary N) is 1. The number of benzene rings is 1. The van der Waals surface area contributed by atoms with E-state index in [9.17, 15) is 0 Å². The Morgan fingerprint density at radius 3 is 2.50 bits per heavy atom. The zero-order chi connectivity index (χ0) is 12.1. The van der Waals surface area contributed by atoms with E-state index >= 15 is 0 Å². The number of hydrogen-bond donors (Lipinski definition) is 2. The smallest absolute Gasteiger partial charge is 0.0463 e. The highest BCUT2D eigenvalue weighted by molar-refractivity contribution is 5.47. The molecule has 0 aliphatic rings. The minimum atomic E-state index is 0.236. The molecular formula is C13H23N3. The Morgan fingerprint density at radius 1 is 1.31 bits per heavy atom. The van der Waals surface area contributed by atoms with Crippen LogP contribution in [0.4, 0.5) is 5.69 Å². The Kier molecular flexibility index (Phi) is 4.77. The second-order valence-electron chi connectivity index (χ2n) is 4.84. The molecule has 3 heteroatoms. The fraction of sp³-hybridized carbons (Fsp3) is 0.538. The van der Waals surface area contributed by atoms with Crippen molar-refractivity contribution in [3.8, 4) is 0 Å². The Morgan fingerprint density at radius 2 is 2.00 bits per heavy atom. The SMILES string of the molecule is CC(C)CC(NN)c1cccc(N(C)C)c1. The van der Waals surface area contributed by atoms with Crippen molar-refractivity contribution in [2.45, 2.75) is 26.3 Å². The van der Waals surface area contributed by atoms with E-state index in [2.05, 4.69) is 48.4 Å². The average molecular weight is 221 g/mol. The van der Waals surface area contributed by atoms with Gasteiger partial charge < -0.3 is 4.90 Å². The Hall–Kier alpha value is -1.06. The van der Waals surface area contributed by atoms with Crippen LogP contribution in [0.2, 0.25) is 0 Å². The maximum atomic E-state index is 5.62. The van der Waals surface area contributed by atoms with Crippen molar-refractivity contribution < 1.29 is 0 Å². The van der Waals surface area contributed by atoms with Crippen LogP contribution in [0.15, 0.2) is 24.3 Å². The van der Waals surface area contributed by atoms with E-state index in [0.717, 1.165) is 6.42 Å². The molecule has 0 saturated heterocycles. The first-order valence-corrected chi connectivity index (χ1v) is 5.78. The normalized spacial score (nSPS) is 12.9. The molecule has 0 heterocycles. The van der Waals surface area contributed by atoms with Gasteiger partial charge in [-0.05, 0) is 30.0 Å². The quantitative estimate of drug-likeness (QED) is 0.592. The first kappa shape index (κ1) is 13.0. The summed E-state index contributed by atoms with van der Waals surface area (Å²) >= 11 is 0. The largest absolute Gasteiger partial charge is 0.378 e. The number of rotatable bonds is 5. The van der Waals surface area contributed by atoms with E-state index in [1.54, 1.807) is 0 Å². The van der Waals surface area contributed by atoms with Crippen LogP contribution >= 0.6 is 0 Å². The molecule has 1 aromatic rings. The molecule has 0 fully saturated rings. The van der Waals surface area contributed by atoms with Gasteiger partial charge in [-0.1, -0.05) is 26.0 Å². The number of anilines is 1. The molecule has 0 bridgehead atoms. The Bertz CT molecular complexity index is 321. The molecule has 0 amide bonds. The Labute approximate surface area is 98.6 Å². The van der Waals surface area contributed by atoms with Gasteiger partial charge in [0.1, 0.15) is 0 Å². The second-order valence-corrected chi connectivity index (χ2v) is 4.84. The molecule has 1 rings (SSSR count). The van der Waals surface area contributed by atoms with Crippen LogP contribution in [0, 0.1) is 5.92 Å². The highest BCUT2D eigenvalue weighted by Crippen LogP contribution is 2.23. The van der Waals surface area contributed by atoms with Gasteiger partial charge >= 0.3 is 0 Å². The highest BCUT2D eigenvalue weighted by Gasteiger charge is 2.12. The van der Waals surface area contributed by atoms with Crippen molar-refractivity contribution >= 4 is 5.69 Å². The van der Waals surface area contributed by atoms with Crippen molar-refractivity contribution in [3.63, 3.8) is 0 Å². The molecule has 16 heavy (non-hydrogen) atoms. The van der Waals surface area contributed by atoms with E-state index in [4.69, 9.17) is 5.84 Å². The van der Waals surface area contributed by atoms with Gasteiger partial charge in [0.15, 0.2) is 0 Å². The van der Waals surface area contributed by atoms with Gasteiger partial charge in [-0.15, -0.1) is 0 Å². The zero-order valence-electron chi connectivity index (χ0n) is 10.7. The van der Waals surface area contributed by atoms with Crippen LogP contribution in [-0.2, 0) is 0 Å². The summed E-state index contributed by atoms with van der Waals surface area (Å²) in [5, 5.41) is 0. The van der Waals surface area contributed by atoms with Gasteiger partial charge in [0.25, 0.3) is 0 Å². The van der Waals surface area contributed by atoms with Crippen molar-refractivity contribution in [2.24, 2.45) is 11.8 Å². The summed E-state index contributed by atoms with van der Waals surface area (Å²) in [6, 6.07) is 8.73. The number of nitrogens with two attached hydrogens (primary N) is 1. The topological polar surface area (TPSA) is 41.3 Å². The van der Waals surface area contributed by atoms with Gasteiger partial charge in [-0.3, -0.25) is 11.3 Å². The molecule has 0 aliphatic heterocycles. The van der Waals surface area contributed by atoms with Gasteiger partial charge in [0.05, 0.1) is 0 Å². The maximum absolute atomic E-state index is 5.62. The second kappa shape index (κ2) is 5.87. The standard InChI is InChI=1S/C13H23N3/c1-10(2)8-13(15-14)11-6-5-7-12(9-11)16(3)4/h5-7,9-10,13,15H,8,14H2,1-4H3. The average Bonchev–Trinajstić information content (AvgIpc) is 2.25. The molecule has 1 aromatic carbocycles. The minimum Gasteiger partial charge on any atom is -0.378 e. The lowest BCUT2D eigenvalue weighted by molar-refractivity contribution is 0.438. The summed E-state index contributed by atoms with van der Waals surface area (Å²) in [4.78, 5) is 2.10. The lowest BCUT2D eigenvalue weighted by Crippen LogP contribution is -2.29. The van der Waals surface area contributed by atoms with E-state index in [-0.39, 0.29) is 6.04 Å². The fourth-order valence-electron chi connectivity index (χ4n) is 1.79. The van der Waals surface area contributed by atoms with E-state index < -0.39 is 0 Å². The van der Waals surface area contributed by atoms with Crippen LogP contribution in [-0.4, -0.2) is 14.1 Å². The summed E-state index contributed by atoms with van der Waals surface area (Å²) in [5.74, 6) is 6.24. The first-order chi connectivity index (χ1) is 7.54. The maximum Gasteiger partial charge on any atom is 0.0463 e. The molecule has 0 saturated carbocycles. The van der Waals surface area contributed by atoms with Crippen molar-refractivity contribution in [3.05, 3.63) is 29.8 Å². The van der Waals surface area contributed by atoms with E-state index in [1.165, 1.54) is 11.3 Å². The summed E-state index contributed by atoms with van der Waals surface area (Å²) in [5.41, 5.74) is 5.36. The highest BCUT2D eigenvalue weighted by atomic mass is 15.2. The molecule has 90 valence electrons. The van der Waals surface area contributed by atoms with Gasteiger partial charge in [0.2, 0.25) is 0 Å². The van der Waals surface area contributed by atoms with Gasteiger partial charge in [-0.25, -0.2) is 0 Å². The minimum absolute atomic E-state index is 0.236. The van der Waals surface area contributed by atoms with Crippen molar-refractivity contribution in [1.29, 1.82) is 0 Å². The lowest BCUT2D eigenvalue weighted by Gasteiger charge is -2.20. The Balaban J connectivity index is 2.87. The zero-order valence-corrected chi connectivity index (χ0v) is 10.7. The number of hydrogen-bond acceptors (Lipinski definition) is 3. The third-order valence-corrected chi connectivity index (χ3v) is 2.70. The summed E-state index contributed by atoms with van der Waals surface area (Å²) in [6.45, 7) is 4.42. The third-order valence-electron chi connectivity index (χ3n) is 2.70. The monoisotopic (exact) mass is 221 g/mol. The molecule has 0 aromatic heterocycles. The predicted octanol–water partition coefficient (Wildman–Crippen LogP) is 2.30. The van der Waals surface area contributed by atoms with Crippen molar-refractivity contribution in [2.75, 3.05) is 19.0 Å². The molecule has 0 aliphatic carbocycles. The van der Waals surface area contributed by atoms with Crippen LogP contribution < -0.4 is 16.2 Å². The van der Waals surface area contributed by atoms with E-state index in [1.807, 2.05) is 14.1 Å². The summed E-state index contributed by atoms with van der Waals surface area (Å²) < 4.78 is 0. The molecular weight excluding hydrogens is 198 g/mol. The van der Waals surface area contributed by atoms with Gasteiger partial charge in [-0.2, -0.15) is 0 Å². The molecule has 0 radical (unpaired) electrons. The predicted molar refractivity (Wildman–Crippen MR) is 70.3 cm³/mol.